The monoisotopic (exact) mass is 444 g/mol. The van der Waals surface area contributed by atoms with Crippen LogP contribution in [0.5, 0.6) is 0 Å². The van der Waals surface area contributed by atoms with Crippen LogP contribution in [0.4, 0.5) is 4.79 Å². The molecule has 8 nitrogen and oxygen atoms in total. The van der Waals surface area contributed by atoms with Gasteiger partial charge in [0.25, 0.3) is 0 Å². The summed E-state index contributed by atoms with van der Waals surface area (Å²) >= 11 is 0. The topological polar surface area (TPSA) is 96.9 Å². The quantitative estimate of drug-likeness (QED) is 0.423. The fourth-order valence-electron chi connectivity index (χ4n) is 4.49. The van der Waals surface area contributed by atoms with Crippen LogP contribution < -0.4 is 10.6 Å². The number of aryl methyl sites for hydroxylation is 1. The maximum atomic E-state index is 12.5. The summed E-state index contributed by atoms with van der Waals surface area (Å²) in [6.07, 6.45) is 5.17. The number of fused-ring (bicyclic) bond motifs is 1. The number of amides is 1. The number of rotatable bonds is 6. The number of H-pyrrole nitrogens is 1. The van der Waals surface area contributed by atoms with Crippen LogP contribution in [0.15, 0.2) is 60.9 Å². The molecule has 2 aromatic carbocycles. The van der Waals surface area contributed by atoms with Crippen molar-refractivity contribution in [3.63, 3.8) is 0 Å². The number of aromatic nitrogens is 4. The highest BCUT2D eigenvalue weighted by molar-refractivity contribution is 5.91. The molecule has 170 valence electrons. The van der Waals surface area contributed by atoms with Crippen LogP contribution in [0.3, 0.4) is 0 Å². The molecular weight excluding hydrogens is 416 g/mol. The van der Waals surface area contributed by atoms with Crippen LogP contribution >= 0.6 is 0 Å². The summed E-state index contributed by atoms with van der Waals surface area (Å²) in [4.78, 5) is 21.1. The molecule has 5 rings (SSSR count). The van der Waals surface area contributed by atoms with E-state index in [1.54, 1.807) is 4.68 Å². The van der Waals surface area contributed by atoms with Crippen LogP contribution in [0, 0.1) is 0 Å². The highest BCUT2D eigenvalue weighted by Gasteiger charge is 2.37. The van der Waals surface area contributed by atoms with Gasteiger partial charge in [-0.3, -0.25) is 4.68 Å². The number of alkyl carbamates (subject to hydrolysis) is 1. The lowest BCUT2D eigenvalue weighted by atomic mass is 9.78. The minimum Gasteiger partial charge on any atom is -0.445 e. The Morgan fingerprint density at radius 2 is 1.97 bits per heavy atom. The van der Waals surface area contributed by atoms with E-state index in [1.165, 1.54) is 0 Å². The Bertz CT molecular complexity index is 1240. The number of hydrogen-bond acceptors (Lipinski definition) is 5. The van der Waals surface area contributed by atoms with Crippen molar-refractivity contribution in [2.75, 3.05) is 19.6 Å². The van der Waals surface area contributed by atoms with Crippen molar-refractivity contribution in [2.24, 2.45) is 7.05 Å². The molecule has 1 aliphatic heterocycles. The van der Waals surface area contributed by atoms with Crippen LogP contribution in [-0.4, -0.2) is 45.5 Å². The molecule has 1 amide bonds. The molecule has 0 saturated carbocycles. The Balaban J connectivity index is 1.37. The lowest BCUT2D eigenvalue weighted by molar-refractivity contribution is 0.134. The Labute approximate surface area is 192 Å². The molecule has 0 unspecified atom stereocenters. The van der Waals surface area contributed by atoms with Gasteiger partial charge in [0.05, 0.1) is 17.2 Å². The third-order valence-electron chi connectivity index (χ3n) is 6.38. The van der Waals surface area contributed by atoms with Crippen molar-refractivity contribution in [3.05, 3.63) is 72.3 Å². The summed E-state index contributed by atoms with van der Waals surface area (Å²) in [5.74, 6) is 0.902. The number of carbonyl (C=O) groups is 1. The molecule has 0 radical (unpaired) electrons. The Hall–Kier alpha value is -3.65. The molecule has 0 spiro atoms. The zero-order valence-corrected chi connectivity index (χ0v) is 18.7. The normalized spacial score (nSPS) is 15.4. The molecule has 4 aromatic rings. The van der Waals surface area contributed by atoms with Gasteiger partial charge >= 0.3 is 6.09 Å². The van der Waals surface area contributed by atoms with Gasteiger partial charge in [-0.1, -0.05) is 42.5 Å². The predicted octanol–water partition coefficient (Wildman–Crippen LogP) is 3.51. The van der Waals surface area contributed by atoms with Gasteiger partial charge in [0.15, 0.2) is 0 Å². The smallest absolute Gasteiger partial charge is 0.407 e. The van der Waals surface area contributed by atoms with E-state index in [2.05, 4.69) is 26.8 Å². The van der Waals surface area contributed by atoms with E-state index in [1.807, 2.05) is 61.9 Å². The minimum absolute atomic E-state index is 0.250. The van der Waals surface area contributed by atoms with E-state index >= 15 is 0 Å². The lowest BCUT2D eigenvalue weighted by Gasteiger charge is -2.36. The third-order valence-corrected chi connectivity index (χ3v) is 6.38. The highest BCUT2D eigenvalue weighted by Crippen LogP contribution is 2.35. The summed E-state index contributed by atoms with van der Waals surface area (Å²) in [6.45, 7) is 2.45. The van der Waals surface area contributed by atoms with E-state index in [9.17, 15) is 4.79 Å². The number of nitrogens with zero attached hydrogens (tertiary/aromatic N) is 3. The first-order valence-corrected chi connectivity index (χ1v) is 11.3. The van der Waals surface area contributed by atoms with E-state index in [0.717, 1.165) is 59.5 Å². The number of aromatic amines is 1. The molecule has 0 aliphatic carbocycles. The molecule has 33 heavy (non-hydrogen) atoms. The van der Waals surface area contributed by atoms with Crippen LogP contribution in [0.1, 0.15) is 24.2 Å². The maximum Gasteiger partial charge on any atom is 0.407 e. The van der Waals surface area contributed by atoms with Gasteiger partial charge < -0.3 is 20.4 Å². The molecular formula is C25H28N6O2. The second-order valence-corrected chi connectivity index (χ2v) is 8.64. The van der Waals surface area contributed by atoms with Gasteiger partial charge in [-0.15, -0.1) is 0 Å². The zero-order chi connectivity index (χ0) is 22.7. The first kappa shape index (κ1) is 21.2. The number of hydrogen-bond donors (Lipinski definition) is 3. The molecule has 0 bridgehead atoms. The second kappa shape index (κ2) is 9.07. The maximum absolute atomic E-state index is 12.5. The van der Waals surface area contributed by atoms with E-state index in [0.29, 0.717) is 6.54 Å². The van der Waals surface area contributed by atoms with E-state index < -0.39 is 6.09 Å². The van der Waals surface area contributed by atoms with Crippen LogP contribution in [0.25, 0.3) is 22.2 Å². The predicted molar refractivity (Wildman–Crippen MR) is 127 cm³/mol. The fourth-order valence-corrected chi connectivity index (χ4v) is 4.49. The highest BCUT2D eigenvalue weighted by atomic mass is 16.5. The molecule has 0 atom stereocenters. The minimum atomic E-state index is -0.413. The molecule has 3 N–H and O–H groups in total. The second-order valence-electron chi connectivity index (χ2n) is 8.64. The molecule has 1 saturated heterocycles. The van der Waals surface area contributed by atoms with Crippen molar-refractivity contribution in [1.82, 2.24) is 30.4 Å². The van der Waals surface area contributed by atoms with Crippen LogP contribution in [0.2, 0.25) is 0 Å². The number of piperidine rings is 1. The number of para-hydroxylation sites is 1. The average Bonchev–Trinajstić information content (AvgIpc) is 3.49. The first-order valence-electron chi connectivity index (χ1n) is 11.3. The van der Waals surface area contributed by atoms with E-state index in [-0.39, 0.29) is 12.0 Å². The van der Waals surface area contributed by atoms with Gasteiger partial charge in [0.1, 0.15) is 12.4 Å². The largest absolute Gasteiger partial charge is 0.445 e. The molecule has 3 heterocycles. The lowest BCUT2D eigenvalue weighted by Crippen LogP contribution is -2.48. The standard InChI is InChI=1S/C25H28N6O2/c1-31-15-19(14-28-31)20-8-5-9-21-22(20)30-23(29-21)25(10-12-26-13-11-25)17-27-24(32)33-16-18-6-3-2-4-7-18/h2-9,14-15,26H,10-13,16-17H2,1H3,(H,27,32)(H,29,30). The summed E-state index contributed by atoms with van der Waals surface area (Å²) in [5, 5.41) is 10.7. The summed E-state index contributed by atoms with van der Waals surface area (Å²) in [5.41, 5.74) is 4.65. The van der Waals surface area contributed by atoms with Crippen molar-refractivity contribution >= 4 is 17.1 Å². The first-order chi connectivity index (χ1) is 16.1. The van der Waals surface area contributed by atoms with Crippen LogP contribution in [-0.2, 0) is 23.8 Å². The SMILES string of the molecule is Cn1cc(-c2cccc3[nH]c(C4(CNC(=O)OCc5ccccc5)CCNCC4)nc23)cn1. The van der Waals surface area contributed by atoms with Crippen molar-refractivity contribution < 1.29 is 9.53 Å². The number of ether oxygens (including phenoxy) is 1. The van der Waals surface area contributed by atoms with Gasteiger partial charge in [0.2, 0.25) is 0 Å². The number of carbonyl (C=O) groups excluding carboxylic acids is 1. The van der Waals surface area contributed by atoms with Gasteiger partial charge in [-0.05, 0) is 37.6 Å². The van der Waals surface area contributed by atoms with Gasteiger partial charge in [-0.2, -0.15) is 5.10 Å². The Morgan fingerprint density at radius 3 is 2.73 bits per heavy atom. The van der Waals surface area contributed by atoms with E-state index in [4.69, 9.17) is 9.72 Å². The average molecular weight is 445 g/mol. The number of nitrogens with one attached hydrogen (secondary N) is 3. The van der Waals surface area contributed by atoms with Gasteiger partial charge in [-0.25, -0.2) is 9.78 Å². The number of benzene rings is 2. The molecule has 1 fully saturated rings. The summed E-state index contributed by atoms with van der Waals surface area (Å²) < 4.78 is 7.23. The Morgan fingerprint density at radius 1 is 1.15 bits per heavy atom. The fraction of sp³-hybridized carbons (Fsp3) is 0.320. The Kier molecular flexibility index (Phi) is 5.83. The van der Waals surface area contributed by atoms with Crippen molar-refractivity contribution in [1.29, 1.82) is 0 Å². The number of imidazole rings is 1. The zero-order valence-electron chi connectivity index (χ0n) is 18.7. The molecule has 1 aliphatic rings. The molecule has 8 heteroatoms. The van der Waals surface area contributed by atoms with Gasteiger partial charge in [0, 0.05) is 36.3 Å². The summed E-state index contributed by atoms with van der Waals surface area (Å²) in [6, 6.07) is 15.8. The third kappa shape index (κ3) is 4.47. The molecule has 2 aromatic heterocycles. The van der Waals surface area contributed by atoms with Crippen molar-refractivity contribution in [2.45, 2.75) is 24.9 Å². The van der Waals surface area contributed by atoms with Crippen molar-refractivity contribution in [3.8, 4) is 11.1 Å². The summed E-state index contributed by atoms with van der Waals surface area (Å²) in [7, 11) is 1.91.